The lowest BCUT2D eigenvalue weighted by Crippen LogP contribution is -2.18. The van der Waals surface area contributed by atoms with Gasteiger partial charge in [-0.2, -0.15) is 13.2 Å². The molecule has 1 aromatic heterocycles. The number of fused-ring (bicyclic) bond motifs is 1. The zero-order valence-electron chi connectivity index (χ0n) is 14.9. The highest BCUT2D eigenvalue weighted by Gasteiger charge is 2.29. The van der Waals surface area contributed by atoms with Gasteiger partial charge in [-0.15, -0.1) is 0 Å². The Kier molecular flexibility index (Phi) is 5.65. The Balaban J connectivity index is 1.63. The lowest BCUT2D eigenvalue weighted by Gasteiger charge is -2.09. The van der Waals surface area contributed by atoms with E-state index < -0.39 is 17.4 Å². The standard InChI is InChI=1S/C21H20F3NO2/c1-2-14-5-8-18-16(12-20(26)27-19(18)11-14)13-25-10-9-15-3-6-17(7-4-15)21(22,23)24/h3-8,11-12,25H,2,9-10,13H2,1H3. The lowest BCUT2D eigenvalue weighted by atomic mass is 10.1. The molecule has 3 aromatic rings. The normalized spacial score (nSPS) is 11.9. The third kappa shape index (κ3) is 4.77. The highest BCUT2D eigenvalue weighted by atomic mass is 19.4. The fourth-order valence-electron chi connectivity index (χ4n) is 2.96. The molecule has 6 heteroatoms. The van der Waals surface area contributed by atoms with Gasteiger partial charge in [0, 0.05) is 18.0 Å². The molecule has 2 aromatic carbocycles. The fraction of sp³-hybridized carbons (Fsp3) is 0.286. The van der Waals surface area contributed by atoms with Crippen molar-refractivity contribution < 1.29 is 17.6 Å². The van der Waals surface area contributed by atoms with Gasteiger partial charge < -0.3 is 9.73 Å². The number of aryl methyl sites for hydroxylation is 1. The first kappa shape index (κ1) is 19.2. The number of halogens is 3. The van der Waals surface area contributed by atoms with Gasteiger partial charge in [0.25, 0.3) is 0 Å². The summed E-state index contributed by atoms with van der Waals surface area (Å²) in [7, 11) is 0. The molecule has 0 spiro atoms. The monoisotopic (exact) mass is 375 g/mol. The van der Waals surface area contributed by atoms with E-state index in [0.29, 0.717) is 25.1 Å². The summed E-state index contributed by atoms with van der Waals surface area (Å²) in [5.74, 6) is 0. The van der Waals surface area contributed by atoms with Crippen LogP contribution in [0.5, 0.6) is 0 Å². The highest BCUT2D eigenvalue weighted by molar-refractivity contribution is 5.80. The molecule has 27 heavy (non-hydrogen) atoms. The third-order valence-corrected chi connectivity index (χ3v) is 4.49. The molecule has 0 aliphatic rings. The van der Waals surface area contributed by atoms with Gasteiger partial charge in [0.2, 0.25) is 0 Å². The molecule has 0 atom stereocenters. The molecule has 3 nitrogen and oxygen atoms in total. The van der Waals surface area contributed by atoms with Gasteiger partial charge in [-0.3, -0.25) is 0 Å². The van der Waals surface area contributed by atoms with Gasteiger partial charge in [-0.1, -0.05) is 31.2 Å². The van der Waals surface area contributed by atoms with Crippen molar-refractivity contribution in [3.63, 3.8) is 0 Å². The summed E-state index contributed by atoms with van der Waals surface area (Å²) in [5.41, 5.74) is 2.29. The number of alkyl halides is 3. The quantitative estimate of drug-likeness (QED) is 0.501. The minimum absolute atomic E-state index is 0.393. The van der Waals surface area contributed by atoms with Crippen LogP contribution in [-0.2, 0) is 25.6 Å². The van der Waals surface area contributed by atoms with Gasteiger partial charge in [-0.25, -0.2) is 4.79 Å². The first-order valence-electron chi connectivity index (χ1n) is 8.79. The highest BCUT2D eigenvalue weighted by Crippen LogP contribution is 2.29. The molecule has 142 valence electrons. The van der Waals surface area contributed by atoms with Crippen molar-refractivity contribution in [2.45, 2.75) is 32.5 Å². The molecule has 0 radical (unpaired) electrons. The maximum atomic E-state index is 12.6. The molecule has 0 fully saturated rings. The predicted molar refractivity (Wildman–Crippen MR) is 98.7 cm³/mol. The molecule has 0 saturated heterocycles. The zero-order valence-corrected chi connectivity index (χ0v) is 14.9. The van der Waals surface area contributed by atoms with E-state index in [1.165, 1.54) is 18.2 Å². The van der Waals surface area contributed by atoms with Crippen LogP contribution in [0.2, 0.25) is 0 Å². The minimum atomic E-state index is -4.32. The van der Waals surface area contributed by atoms with Gasteiger partial charge in [0.15, 0.2) is 0 Å². The molecule has 0 unspecified atom stereocenters. The first-order chi connectivity index (χ1) is 12.9. The molecule has 3 rings (SSSR count). The fourth-order valence-corrected chi connectivity index (χ4v) is 2.96. The molecule has 0 aliphatic carbocycles. The smallest absolute Gasteiger partial charge is 0.416 e. The molecular weight excluding hydrogens is 355 g/mol. The minimum Gasteiger partial charge on any atom is -0.423 e. The van der Waals surface area contributed by atoms with Crippen LogP contribution in [0.1, 0.15) is 29.2 Å². The number of benzene rings is 2. The van der Waals surface area contributed by atoms with E-state index in [4.69, 9.17) is 4.42 Å². The summed E-state index contributed by atoms with van der Waals surface area (Å²) < 4.78 is 43.0. The average molecular weight is 375 g/mol. The van der Waals surface area contributed by atoms with Crippen molar-refractivity contribution in [3.05, 3.63) is 81.2 Å². The van der Waals surface area contributed by atoms with Gasteiger partial charge in [-0.05, 0) is 54.3 Å². The Labute approximate surface area is 154 Å². The number of nitrogens with one attached hydrogen (secondary N) is 1. The number of rotatable bonds is 6. The Hall–Kier alpha value is -2.60. The Morgan fingerprint density at radius 3 is 2.37 bits per heavy atom. The number of hydrogen-bond acceptors (Lipinski definition) is 3. The lowest BCUT2D eigenvalue weighted by molar-refractivity contribution is -0.137. The summed E-state index contributed by atoms with van der Waals surface area (Å²) in [6.45, 7) is 3.10. The maximum absolute atomic E-state index is 12.6. The van der Waals surface area contributed by atoms with Crippen molar-refractivity contribution in [2.75, 3.05) is 6.54 Å². The Morgan fingerprint density at radius 2 is 1.70 bits per heavy atom. The molecule has 1 heterocycles. The predicted octanol–water partition coefficient (Wildman–Crippen LogP) is 4.71. The van der Waals surface area contributed by atoms with E-state index in [1.54, 1.807) is 0 Å². The van der Waals surface area contributed by atoms with E-state index in [0.717, 1.165) is 40.6 Å². The van der Waals surface area contributed by atoms with E-state index >= 15 is 0 Å². The van der Waals surface area contributed by atoms with Crippen molar-refractivity contribution in [1.29, 1.82) is 0 Å². The first-order valence-corrected chi connectivity index (χ1v) is 8.79. The van der Waals surface area contributed by atoms with Crippen molar-refractivity contribution in [3.8, 4) is 0 Å². The van der Waals surface area contributed by atoms with Gasteiger partial charge in [0.05, 0.1) is 5.56 Å². The van der Waals surface area contributed by atoms with Crippen LogP contribution in [0.25, 0.3) is 11.0 Å². The topological polar surface area (TPSA) is 42.2 Å². The van der Waals surface area contributed by atoms with E-state index in [-0.39, 0.29) is 0 Å². The second kappa shape index (κ2) is 7.96. The van der Waals surface area contributed by atoms with Crippen LogP contribution in [-0.4, -0.2) is 6.54 Å². The Morgan fingerprint density at radius 1 is 1.00 bits per heavy atom. The molecule has 0 aliphatic heterocycles. The van der Waals surface area contributed by atoms with Gasteiger partial charge >= 0.3 is 11.8 Å². The summed E-state index contributed by atoms with van der Waals surface area (Å²) in [6.07, 6.45) is -2.86. The van der Waals surface area contributed by atoms with E-state index in [2.05, 4.69) is 5.32 Å². The third-order valence-electron chi connectivity index (χ3n) is 4.49. The second-order valence-electron chi connectivity index (χ2n) is 6.40. The molecule has 0 saturated carbocycles. The van der Waals surface area contributed by atoms with Crippen LogP contribution in [0.4, 0.5) is 13.2 Å². The van der Waals surface area contributed by atoms with Crippen LogP contribution in [0.15, 0.2) is 57.7 Å². The summed E-state index contributed by atoms with van der Waals surface area (Å²) in [5, 5.41) is 4.12. The van der Waals surface area contributed by atoms with Crippen LogP contribution < -0.4 is 10.9 Å². The van der Waals surface area contributed by atoms with E-state index in [9.17, 15) is 18.0 Å². The SMILES string of the molecule is CCc1ccc2c(CNCCc3ccc(C(F)(F)F)cc3)cc(=O)oc2c1. The van der Waals surface area contributed by atoms with Gasteiger partial charge in [0.1, 0.15) is 5.58 Å². The Bertz CT molecular complexity index is 975. The van der Waals surface area contributed by atoms with E-state index in [1.807, 2.05) is 25.1 Å². The van der Waals surface area contributed by atoms with Crippen molar-refractivity contribution in [1.82, 2.24) is 5.32 Å². The zero-order chi connectivity index (χ0) is 19.4. The van der Waals surface area contributed by atoms with Crippen molar-refractivity contribution >= 4 is 11.0 Å². The van der Waals surface area contributed by atoms with Crippen LogP contribution >= 0.6 is 0 Å². The average Bonchev–Trinajstić information content (AvgIpc) is 2.64. The number of hydrogen-bond donors (Lipinski definition) is 1. The largest absolute Gasteiger partial charge is 0.423 e. The molecular formula is C21H20F3NO2. The maximum Gasteiger partial charge on any atom is 0.416 e. The second-order valence-corrected chi connectivity index (χ2v) is 6.40. The molecule has 0 bridgehead atoms. The van der Waals surface area contributed by atoms with Crippen LogP contribution in [0, 0.1) is 0 Å². The van der Waals surface area contributed by atoms with Crippen molar-refractivity contribution in [2.24, 2.45) is 0 Å². The summed E-state index contributed by atoms with van der Waals surface area (Å²) >= 11 is 0. The van der Waals surface area contributed by atoms with Crippen LogP contribution in [0.3, 0.4) is 0 Å². The summed E-state index contributed by atoms with van der Waals surface area (Å²) in [6, 6.07) is 12.5. The summed E-state index contributed by atoms with van der Waals surface area (Å²) in [4.78, 5) is 11.8. The molecule has 1 N–H and O–H groups in total. The molecule has 0 amide bonds.